The molecule has 1 aromatic heterocycles. The molecule has 0 saturated heterocycles. The summed E-state index contributed by atoms with van der Waals surface area (Å²) in [7, 11) is 0. The summed E-state index contributed by atoms with van der Waals surface area (Å²) in [4.78, 5) is 24.2. The monoisotopic (exact) mass is 350 g/mol. The van der Waals surface area contributed by atoms with Gasteiger partial charge in [-0.1, -0.05) is 18.2 Å². The Bertz CT molecular complexity index is 855. The molecule has 1 aromatic carbocycles. The van der Waals surface area contributed by atoms with Crippen LogP contribution >= 0.6 is 0 Å². The lowest BCUT2D eigenvalue weighted by atomic mass is 10.1. The zero-order valence-electron chi connectivity index (χ0n) is 15.1. The Morgan fingerprint density at radius 1 is 1.27 bits per heavy atom. The van der Waals surface area contributed by atoms with Gasteiger partial charge in [0.15, 0.2) is 6.61 Å². The van der Waals surface area contributed by atoms with Crippen LogP contribution in [0, 0.1) is 25.2 Å². The number of Topliss-reactive ketones (excluding diaryl/α,β-unsaturated/α-hetero) is 1. The van der Waals surface area contributed by atoms with Crippen molar-refractivity contribution in [2.24, 2.45) is 0 Å². The van der Waals surface area contributed by atoms with Crippen molar-refractivity contribution in [3.05, 3.63) is 71.1 Å². The summed E-state index contributed by atoms with van der Waals surface area (Å²) < 4.78 is 7.11. The van der Waals surface area contributed by atoms with Crippen molar-refractivity contribution < 1.29 is 14.3 Å². The largest absolute Gasteiger partial charge is 0.457 e. The summed E-state index contributed by atoms with van der Waals surface area (Å²) in [5, 5.41) is 8.77. The Balaban J connectivity index is 1.86. The van der Waals surface area contributed by atoms with Gasteiger partial charge in [-0.3, -0.25) is 9.59 Å². The summed E-state index contributed by atoms with van der Waals surface area (Å²) in [6.07, 6.45) is 2.47. The molecule has 0 spiro atoms. The Hall–Kier alpha value is -3.13. The minimum Gasteiger partial charge on any atom is -0.457 e. The van der Waals surface area contributed by atoms with E-state index in [2.05, 4.69) is 6.58 Å². The van der Waals surface area contributed by atoms with Gasteiger partial charge < -0.3 is 9.30 Å². The van der Waals surface area contributed by atoms with E-state index in [1.54, 1.807) is 18.2 Å². The van der Waals surface area contributed by atoms with Crippen molar-refractivity contribution in [2.45, 2.75) is 33.2 Å². The van der Waals surface area contributed by atoms with E-state index < -0.39 is 5.97 Å². The summed E-state index contributed by atoms with van der Waals surface area (Å²) in [6.45, 7) is 7.89. The predicted molar refractivity (Wildman–Crippen MR) is 98.9 cm³/mol. The number of ether oxygens (including phenoxy) is 1. The van der Waals surface area contributed by atoms with E-state index in [0.29, 0.717) is 24.1 Å². The first-order valence-corrected chi connectivity index (χ1v) is 8.41. The Morgan fingerprint density at radius 2 is 1.96 bits per heavy atom. The lowest BCUT2D eigenvalue weighted by Gasteiger charge is -2.07. The van der Waals surface area contributed by atoms with Crippen molar-refractivity contribution >= 4 is 11.8 Å². The van der Waals surface area contributed by atoms with Crippen molar-refractivity contribution in [2.75, 3.05) is 6.61 Å². The number of hydrogen-bond donors (Lipinski definition) is 0. The average Bonchev–Trinajstić information content (AvgIpc) is 2.93. The van der Waals surface area contributed by atoms with Gasteiger partial charge in [0.25, 0.3) is 0 Å². The number of nitrogens with zero attached hydrogens (tertiary/aromatic N) is 2. The molecular weight excluding hydrogens is 328 g/mol. The lowest BCUT2D eigenvalue weighted by molar-refractivity contribution is -0.142. The first-order valence-electron chi connectivity index (χ1n) is 8.41. The van der Waals surface area contributed by atoms with Gasteiger partial charge in [-0.05, 0) is 44.0 Å². The highest BCUT2D eigenvalue weighted by Crippen LogP contribution is 2.16. The number of hydrogen-bond acceptors (Lipinski definition) is 4. The minimum atomic E-state index is -0.414. The summed E-state index contributed by atoms with van der Waals surface area (Å²) in [5.74, 6) is -0.622. The lowest BCUT2D eigenvalue weighted by Crippen LogP contribution is -2.15. The predicted octanol–water partition coefficient (Wildman–Crippen LogP) is 3.52. The van der Waals surface area contributed by atoms with E-state index >= 15 is 0 Å². The van der Waals surface area contributed by atoms with E-state index in [4.69, 9.17) is 10.00 Å². The third kappa shape index (κ3) is 4.70. The number of allylic oxidation sites excluding steroid dienone is 1. The van der Waals surface area contributed by atoms with E-state index in [0.717, 1.165) is 17.0 Å². The van der Waals surface area contributed by atoms with Crippen LogP contribution in [0.1, 0.15) is 39.3 Å². The quantitative estimate of drug-likeness (QED) is 0.415. The SMILES string of the molecule is C=CCn1c(C)cc(C(=O)COC(=O)CCc2ccc(C#N)cc2)c1C. The van der Waals surface area contributed by atoms with Gasteiger partial charge in [0.1, 0.15) is 0 Å². The number of nitriles is 1. The summed E-state index contributed by atoms with van der Waals surface area (Å²) >= 11 is 0. The fourth-order valence-corrected chi connectivity index (χ4v) is 2.78. The Morgan fingerprint density at radius 3 is 2.58 bits per heavy atom. The topological polar surface area (TPSA) is 72.1 Å². The van der Waals surface area contributed by atoms with Crippen LogP contribution in [0.5, 0.6) is 0 Å². The third-order valence-corrected chi connectivity index (χ3v) is 4.25. The van der Waals surface area contributed by atoms with Crippen LogP contribution in [0.4, 0.5) is 0 Å². The van der Waals surface area contributed by atoms with Crippen LogP contribution < -0.4 is 0 Å². The average molecular weight is 350 g/mol. The molecule has 0 N–H and O–H groups in total. The van der Waals surface area contributed by atoms with Crippen molar-refractivity contribution in [3.8, 4) is 6.07 Å². The maximum Gasteiger partial charge on any atom is 0.306 e. The highest BCUT2D eigenvalue weighted by molar-refractivity contribution is 5.99. The molecule has 0 amide bonds. The normalized spacial score (nSPS) is 10.2. The van der Waals surface area contributed by atoms with Gasteiger partial charge in [0.2, 0.25) is 5.78 Å². The third-order valence-electron chi connectivity index (χ3n) is 4.25. The molecular formula is C21H22N2O3. The number of aromatic nitrogens is 1. The summed E-state index contributed by atoms with van der Waals surface area (Å²) in [6, 6.07) is 10.9. The maximum absolute atomic E-state index is 12.3. The number of rotatable bonds is 8. The van der Waals surface area contributed by atoms with Gasteiger partial charge in [-0.25, -0.2) is 0 Å². The number of esters is 1. The van der Waals surface area contributed by atoms with E-state index in [-0.39, 0.29) is 18.8 Å². The molecule has 5 heteroatoms. The second-order valence-corrected chi connectivity index (χ2v) is 6.08. The number of benzene rings is 1. The Kier molecular flexibility index (Phi) is 6.51. The molecule has 0 unspecified atom stereocenters. The molecule has 0 bridgehead atoms. The second-order valence-electron chi connectivity index (χ2n) is 6.08. The van der Waals surface area contributed by atoms with Gasteiger partial charge in [-0.2, -0.15) is 5.26 Å². The smallest absolute Gasteiger partial charge is 0.306 e. The molecule has 0 fully saturated rings. The molecule has 0 aliphatic carbocycles. The van der Waals surface area contributed by atoms with Crippen LogP contribution in [0.25, 0.3) is 0 Å². The van der Waals surface area contributed by atoms with E-state index in [9.17, 15) is 9.59 Å². The van der Waals surface area contributed by atoms with Crippen LogP contribution in [0.15, 0.2) is 43.0 Å². The molecule has 0 aliphatic rings. The molecule has 0 atom stereocenters. The van der Waals surface area contributed by atoms with Gasteiger partial charge in [0, 0.05) is 29.9 Å². The highest BCUT2D eigenvalue weighted by Gasteiger charge is 2.16. The zero-order chi connectivity index (χ0) is 19.1. The number of carbonyl (C=O) groups excluding carboxylic acids is 2. The highest BCUT2D eigenvalue weighted by atomic mass is 16.5. The van der Waals surface area contributed by atoms with Crippen LogP contribution in [0.3, 0.4) is 0 Å². The molecule has 2 aromatic rings. The van der Waals surface area contributed by atoms with E-state index in [1.807, 2.05) is 42.7 Å². The maximum atomic E-state index is 12.3. The van der Waals surface area contributed by atoms with Crippen molar-refractivity contribution in [1.82, 2.24) is 4.57 Å². The van der Waals surface area contributed by atoms with Gasteiger partial charge >= 0.3 is 5.97 Å². The first kappa shape index (κ1) is 19.2. The molecule has 0 saturated carbocycles. The fourth-order valence-electron chi connectivity index (χ4n) is 2.78. The van der Waals surface area contributed by atoms with E-state index in [1.165, 1.54) is 0 Å². The molecule has 26 heavy (non-hydrogen) atoms. The zero-order valence-corrected chi connectivity index (χ0v) is 15.1. The number of ketones is 1. The second kappa shape index (κ2) is 8.82. The standard InChI is InChI=1S/C21H22N2O3/c1-4-11-23-15(2)12-19(16(23)3)20(24)14-26-21(25)10-9-17-5-7-18(13-22)8-6-17/h4-8,12H,1,9-11,14H2,2-3H3. The summed E-state index contributed by atoms with van der Waals surface area (Å²) in [5.41, 5.74) is 3.92. The molecule has 5 nitrogen and oxygen atoms in total. The molecule has 0 aliphatic heterocycles. The number of carbonyl (C=O) groups is 2. The van der Waals surface area contributed by atoms with Crippen LogP contribution in [-0.4, -0.2) is 22.9 Å². The minimum absolute atomic E-state index is 0.189. The molecule has 1 heterocycles. The van der Waals surface area contributed by atoms with Gasteiger partial charge in [-0.15, -0.1) is 6.58 Å². The Labute approximate surface area is 153 Å². The van der Waals surface area contributed by atoms with Crippen molar-refractivity contribution in [3.63, 3.8) is 0 Å². The first-order chi connectivity index (χ1) is 12.5. The van der Waals surface area contributed by atoms with Crippen LogP contribution in [-0.2, 0) is 22.5 Å². The number of aryl methyl sites for hydroxylation is 2. The van der Waals surface area contributed by atoms with Gasteiger partial charge in [0.05, 0.1) is 11.6 Å². The van der Waals surface area contributed by atoms with Crippen LogP contribution in [0.2, 0.25) is 0 Å². The fraction of sp³-hybridized carbons (Fsp3) is 0.286. The molecule has 0 radical (unpaired) electrons. The molecule has 134 valence electrons. The molecule has 2 rings (SSSR count). The van der Waals surface area contributed by atoms with Crippen molar-refractivity contribution in [1.29, 1.82) is 5.26 Å².